The summed E-state index contributed by atoms with van der Waals surface area (Å²) in [6.45, 7) is 18.2. The minimum atomic E-state index is -1.08. The van der Waals surface area contributed by atoms with Crippen LogP contribution in [0.5, 0.6) is 0 Å². The minimum Gasteiger partial charge on any atom is -0.0985 e. The number of rotatable bonds is 3. The van der Waals surface area contributed by atoms with Gasteiger partial charge in [-0.2, -0.15) is 0 Å². The number of benzene rings is 1. The molecule has 0 saturated heterocycles. The standard InChI is InChI=1S/C18H26Si/c1-8-14-9-10-17-16(13(14)2)11-15(18(17,3)4)12-19(5,6)7/h8-11H,1,12H2,2-7H3. The Morgan fingerprint density at radius 2 is 1.84 bits per heavy atom. The van der Waals surface area contributed by atoms with Gasteiger partial charge < -0.3 is 0 Å². The van der Waals surface area contributed by atoms with Crippen molar-refractivity contribution in [2.24, 2.45) is 0 Å². The van der Waals surface area contributed by atoms with Gasteiger partial charge in [0, 0.05) is 13.5 Å². The van der Waals surface area contributed by atoms with Crippen molar-refractivity contribution in [3.05, 3.63) is 46.5 Å². The normalized spacial score (nSPS) is 17.1. The molecule has 19 heavy (non-hydrogen) atoms. The van der Waals surface area contributed by atoms with Crippen LogP contribution in [0.3, 0.4) is 0 Å². The van der Waals surface area contributed by atoms with Gasteiger partial charge in [0.25, 0.3) is 0 Å². The Morgan fingerprint density at radius 3 is 2.37 bits per heavy atom. The van der Waals surface area contributed by atoms with Crippen molar-refractivity contribution in [2.45, 2.75) is 51.9 Å². The van der Waals surface area contributed by atoms with Crippen molar-refractivity contribution >= 4 is 20.2 Å². The van der Waals surface area contributed by atoms with Crippen molar-refractivity contribution in [3.63, 3.8) is 0 Å². The lowest BCUT2D eigenvalue weighted by Gasteiger charge is -2.29. The SMILES string of the molecule is C=Cc1ccc2c(c1C)C=C(C[Si](C)(C)C)C2(C)C. The van der Waals surface area contributed by atoms with Crippen LogP contribution in [0.15, 0.2) is 24.3 Å². The van der Waals surface area contributed by atoms with Crippen LogP contribution in [0, 0.1) is 6.92 Å². The van der Waals surface area contributed by atoms with Gasteiger partial charge in [-0.25, -0.2) is 0 Å². The first-order valence-electron chi connectivity index (χ1n) is 7.14. The average molecular weight is 270 g/mol. The van der Waals surface area contributed by atoms with Gasteiger partial charge in [-0.05, 0) is 35.2 Å². The quantitative estimate of drug-likeness (QED) is 0.622. The molecule has 0 heterocycles. The van der Waals surface area contributed by atoms with Crippen LogP contribution in [-0.4, -0.2) is 8.07 Å². The van der Waals surface area contributed by atoms with E-state index in [-0.39, 0.29) is 5.41 Å². The topological polar surface area (TPSA) is 0 Å². The van der Waals surface area contributed by atoms with Crippen LogP contribution in [0.2, 0.25) is 25.7 Å². The van der Waals surface area contributed by atoms with Gasteiger partial charge in [-0.1, -0.05) is 69.9 Å². The summed E-state index contributed by atoms with van der Waals surface area (Å²) in [7, 11) is -1.08. The predicted molar refractivity (Wildman–Crippen MR) is 90.4 cm³/mol. The summed E-state index contributed by atoms with van der Waals surface area (Å²) in [5, 5.41) is 0. The van der Waals surface area contributed by atoms with Crippen LogP contribution < -0.4 is 0 Å². The molecule has 1 aliphatic carbocycles. The number of allylic oxidation sites excluding steroid dienone is 1. The maximum absolute atomic E-state index is 3.92. The van der Waals surface area contributed by atoms with Gasteiger partial charge >= 0.3 is 0 Å². The van der Waals surface area contributed by atoms with E-state index < -0.39 is 8.07 Å². The smallest absolute Gasteiger partial charge is 0.0483 e. The fourth-order valence-electron chi connectivity index (χ4n) is 3.07. The zero-order chi connectivity index (χ0) is 14.4. The molecule has 0 radical (unpaired) electrons. The Bertz CT molecular complexity index is 554. The molecule has 0 nitrogen and oxygen atoms in total. The molecule has 0 aromatic heterocycles. The minimum absolute atomic E-state index is 0.195. The monoisotopic (exact) mass is 270 g/mol. The number of hydrogen-bond donors (Lipinski definition) is 0. The Labute approximate surface area is 119 Å². The van der Waals surface area contributed by atoms with E-state index in [1.807, 2.05) is 6.08 Å². The van der Waals surface area contributed by atoms with Crippen molar-refractivity contribution in [1.29, 1.82) is 0 Å². The fraction of sp³-hybridized carbons (Fsp3) is 0.444. The van der Waals surface area contributed by atoms with Crippen LogP contribution in [0.25, 0.3) is 12.2 Å². The average Bonchev–Trinajstić information content (AvgIpc) is 2.51. The second-order valence-electron chi connectivity index (χ2n) is 7.48. The summed E-state index contributed by atoms with van der Waals surface area (Å²) in [6, 6.07) is 5.80. The molecule has 0 amide bonds. The van der Waals surface area contributed by atoms with Gasteiger partial charge in [-0.3, -0.25) is 0 Å². The van der Waals surface area contributed by atoms with Gasteiger partial charge in [0.2, 0.25) is 0 Å². The third-order valence-corrected chi connectivity index (χ3v) is 5.73. The molecule has 0 aliphatic heterocycles. The summed E-state index contributed by atoms with van der Waals surface area (Å²) in [4.78, 5) is 0. The lowest BCUT2D eigenvalue weighted by Crippen LogP contribution is -2.26. The van der Waals surface area contributed by atoms with Crippen molar-refractivity contribution in [2.75, 3.05) is 0 Å². The summed E-state index contributed by atoms with van der Waals surface area (Å²) in [6.07, 6.45) is 4.42. The Hall–Kier alpha value is -1.08. The molecule has 0 bridgehead atoms. The molecular formula is C18H26Si. The van der Waals surface area contributed by atoms with Crippen LogP contribution >= 0.6 is 0 Å². The third-order valence-electron chi connectivity index (χ3n) is 4.29. The number of fused-ring (bicyclic) bond motifs is 1. The summed E-state index contributed by atoms with van der Waals surface area (Å²) < 4.78 is 0. The molecule has 0 spiro atoms. The van der Waals surface area contributed by atoms with Gasteiger partial charge in [-0.15, -0.1) is 0 Å². The Kier molecular flexibility index (Phi) is 3.38. The molecule has 0 unspecified atom stereocenters. The molecule has 1 heteroatoms. The van der Waals surface area contributed by atoms with E-state index >= 15 is 0 Å². The summed E-state index contributed by atoms with van der Waals surface area (Å²) >= 11 is 0. The largest absolute Gasteiger partial charge is 0.0985 e. The highest BCUT2D eigenvalue weighted by Crippen LogP contribution is 2.46. The Morgan fingerprint density at radius 1 is 1.21 bits per heavy atom. The highest BCUT2D eigenvalue weighted by molar-refractivity contribution is 6.76. The molecule has 0 saturated carbocycles. The molecule has 1 aromatic carbocycles. The highest BCUT2D eigenvalue weighted by atomic mass is 28.3. The van der Waals surface area contributed by atoms with E-state index in [1.54, 1.807) is 5.57 Å². The first-order valence-corrected chi connectivity index (χ1v) is 10.8. The highest BCUT2D eigenvalue weighted by Gasteiger charge is 2.35. The van der Waals surface area contributed by atoms with Gasteiger partial charge in [0.15, 0.2) is 0 Å². The second kappa shape index (κ2) is 4.48. The predicted octanol–water partition coefficient (Wildman–Crippen LogP) is 5.65. The lowest BCUT2D eigenvalue weighted by atomic mass is 9.81. The van der Waals surface area contributed by atoms with E-state index in [2.05, 4.69) is 65.2 Å². The second-order valence-corrected chi connectivity index (χ2v) is 13.0. The van der Waals surface area contributed by atoms with E-state index in [4.69, 9.17) is 0 Å². The first kappa shape index (κ1) is 14.3. The zero-order valence-corrected chi connectivity index (χ0v) is 14.2. The molecular weight excluding hydrogens is 244 g/mol. The summed E-state index contributed by atoms with van der Waals surface area (Å²) in [5.41, 5.74) is 7.39. The lowest BCUT2D eigenvalue weighted by molar-refractivity contribution is 0.637. The van der Waals surface area contributed by atoms with E-state index in [0.29, 0.717) is 0 Å². The first-order chi connectivity index (χ1) is 8.66. The third kappa shape index (κ3) is 2.49. The van der Waals surface area contributed by atoms with Gasteiger partial charge in [0.1, 0.15) is 0 Å². The maximum Gasteiger partial charge on any atom is 0.0483 e. The summed E-state index contributed by atoms with van der Waals surface area (Å²) in [5.74, 6) is 0. The molecule has 1 aliphatic rings. The molecule has 0 N–H and O–H groups in total. The van der Waals surface area contributed by atoms with E-state index in [0.717, 1.165) is 0 Å². The maximum atomic E-state index is 3.92. The molecule has 102 valence electrons. The van der Waals surface area contributed by atoms with E-state index in [1.165, 1.54) is 28.3 Å². The molecule has 0 atom stereocenters. The van der Waals surface area contributed by atoms with Gasteiger partial charge in [0.05, 0.1) is 0 Å². The van der Waals surface area contributed by atoms with Crippen molar-refractivity contribution < 1.29 is 0 Å². The van der Waals surface area contributed by atoms with Crippen LogP contribution in [-0.2, 0) is 5.41 Å². The van der Waals surface area contributed by atoms with Crippen molar-refractivity contribution in [3.8, 4) is 0 Å². The van der Waals surface area contributed by atoms with E-state index in [9.17, 15) is 0 Å². The zero-order valence-electron chi connectivity index (χ0n) is 13.2. The molecule has 1 aromatic rings. The fourth-order valence-corrected chi connectivity index (χ4v) is 4.76. The van der Waals surface area contributed by atoms with Crippen LogP contribution in [0.1, 0.15) is 36.1 Å². The Balaban J connectivity index is 2.55. The number of hydrogen-bond acceptors (Lipinski definition) is 0. The van der Waals surface area contributed by atoms with Crippen LogP contribution in [0.4, 0.5) is 0 Å². The molecule has 2 rings (SSSR count). The van der Waals surface area contributed by atoms with Crippen molar-refractivity contribution in [1.82, 2.24) is 0 Å². The molecule has 0 fully saturated rings.